The normalized spacial score (nSPS) is 10.8. The highest BCUT2D eigenvalue weighted by molar-refractivity contribution is 7.99. The molecule has 0 aliphatic rings. The molecule has 0 saturated carbocycles. The lowest BCUT2D eigenvalue weighted by molar-refractivity contribution is 0.690. The van der Waals surface area contributed by atoms with E-state index in [-0.39, 0.29) is 5.75 Å². The van der Waals surface area contributed by atoms with Gasteiger partial charge < -0.3 is 0 Å². The van der Waals surface area contributed by atoms with Gasteiger partial charge in [-0.15, -0.1) is 0 Å². The SMILES string of the molecule is CCCCc1nc(SCC#N)c2c(=O)n(C)c(=O)n(C)c2n1. The second-order valence-electron chi connectivity index (χ2n) is 4.90. The summed E-state index contributed by atoms with van der Waals surface area (Å²) >= 11 is 1.19. The lowest BCUT2D eigenvalue weighted by Crippen LogP contribution is -2.37. The highest BCUT2D eigenvalue weighted by atomic mass is 32.2. The van der Waals surface area contributed by atoms with Crippen molar-refractivity contribution in [1.82, 2.24) is 19.1 Å². The Morgan fingerprint density at radius 1 is 1.23 bits per heavy atom. The van der Waals surface area contributed by atoms with Crippen LogP contribution in [0.25, 0.3) is 11.0 Å². The Bertz CT molecular complexity index is 863. The summed E-state index contributed by atoms with van der Waals surface area (Å²) in [6.45, 7) is 2.07. The molecule has 0 saturated heterocycles. The molecule has 0 amide bonds. The van der Waals surface area contributed by atoms with Crippen molar-refractivity contribution in [2.45, 2.75) is 31.2 Å². The maximum absolute atomic E-state index is 12.4. The number of aromatic nitrogens is 4. The van der Waals surface area contributed by atoms with Crippen molar-refractivity contribution in [1.29, 1.82) is 5.26 Å². The number of unbranched alkanes of at least 4 members (excludes halogenated alkanes) is 1. The van der Waals surface area contributed by atoms with E-state index in [1.165, 1.54) is 23.4 Å². The molecule has 0 N–H and O–H groups in total. The fourth-order valence-electron chi connectivity index (χ4n) is 2.12. The molecule has 0 radical (unpaired) electrons. The molecule has 0 fully saturated rings. The van der Waals surface area contributed by atoms with Crippen LogP contribution >= 0.6 is 11.8 Å². The fourth-order valence-corrected chi connectivity index (χ4v) is 2.82. The molecule has 7 nitrogen and oxygen atoms in total. The molecule has 2 heterocycles. The van der Waals surface area contributed by atoms with Gasteiger partial charge in [-0.3, -0.25) is 13.9 Å². The molecule has 0 unspecified atom stereocenters. The quantitative estimate of drug-likeness (QED) is 0.602. The zero-order chi connectivity index (χ0) is 16.3. The van der Waals surface area contributed by atoms with Crippen molar-refractivity contribution in [2.75, 3.05) is 5.75 Å². The predicted octanol–water partition coefficient (Wildman–Crippen LogP) is 0.985. The van der Waals surface area contributed by atoms with E-state index < -0.39 is 11.2 Å². The van der Waals surface area contributed by atoms with Gasteiger partial charge in [0.2, 0.25) is 0 Å². The van der Waals surface area contributed by atoms with Crippen molar-refractivity contribution in [3.8, 4) is 6.07 Å². The van der Waals surface area contributed by atoms with Crippen LogP contribution < -0.4 is 11.2 Å². The Balaban J connectivity index is 2.79. The standard InChI is InChI=1S/C14H17N5O2S/c1-4-5-6-9-16-11-10(12(17-9)22-8-7-15)13(20)19(3)14(21)18(11)2/h4-6,8H2,1-3H3. The highest BCUT2D eigenvalue weighted by Gasteiger charge is 2.17. The molecule has 0 aliphatic heterocycles. The van der Waals surface area contributed by atoms with Crippen LogP contribution in [0.2, 0.25) is 0 Å². The first kappa shape index (κ1) is 16.2. The van der Waals surface area contributed by atoms with E-state index >= 15 is 0 Å². The van der Waals surface area contributed by atoms with Crippen molar-refractivity contribution < 1.29 is 0 Å². The van der Waals surface area contributed by atoms with Gasteiger partial charge in [0.1, 0.15) is 16.2 Å². The fraction of sp³-hybridized carbons (Fsp3) is 0.500. The number of thioether (sulfide) groups is 1. The van der Waals surface area contributed by atoms with Crippen LogP contribution in [0.3, 0.4) is 0 Å². The van der Waals surface area contributed by atoms with Gasteiger partial charge in [-0.25, -0.2) is 14.8 Å². The van der Waals surface area contributed by atoms with E-state index in [0.717, 1.165) is 17.4 Å². The Morgan fingerprint density at radius 3 is 2.59 bits per heavy atom. The zero-order valence-corrected chi connectivity index (χ0v) is 13.6. The first-order valence-electron chi connectivity index (χ1n) is 6.97. The van der Waals surface area contributed by atoms with Gasteiger partial charge in [-0.2, -0.15) is 5.26 Å². The number of rotatable bonds is 5. The van der Waals surface area contributed by atoms with Crippen molar-refractivity contribution >= 4 is 22.8 Å². The number of nitrogens with zero attached hydrogens (tertiary/aromatic N) is 5. The average molecular weight is 319 g/mol. The van der Waals surface area contributed by atoms with Crippen LogP contribution in [0.15, 0.2) is 14.6 Å². The van der Waals surface area contributed by atoms with E-state index in [9.17, 15) is 9.59 Å². The topological polar surface area (TPSA) is 93.6 Å². The van der Waals surface area contributed by atoms with E-state index in [1.54, 1.807) is 7.05 Å². The van der Waals surface area contributed by atoms with Crippen LogP contribution in [0.4, 0.5) is 0 Å². The zero-order valence-electron chi connectivity index (χ0n) is 12.8. The Labute approximate surface area is 131 Å². The number of fused-ring (bicyclic) bond motifs is 1. The number of aryl methyl sites for hydroxylation is 2. The summed E-state index contributed by atoms with van der Waals surface area (Å²) < 4.78 is 2.39. The minimum absolute atomic E-state index is 0.186. The maximum Gasteiger partial charge on any atom is 0.332 e. The molecule has 0 atom stereocenters. The summed E-state index contributed by atoms with van der Waals surface area (Å²) in [6, 6.07) is 2.03. The van der Waals surface area contributed by atoms with Crippen LogP contribution in [-0.2, 0) is 20.5 Å². The van der Waals surface area contributed by atoms with Gasteiger partial charge in [0.25, 0.3) is 5.56 Å². The third-order valence-electron chi connectivity index (χ3n) is 3.34. The van der Waals surface area contributed by atoms with Crippen LogP contribution in [0.1, 0.15) is 25.6 Å². The first-order chi connectivity index (χ1) is 10.5. The molecule has 116 valence electrons. The molecule has 2 aromatic heterocycles. The number of nitriles is 1. The van der Waals surface area contributed by atoms with Gasteiger partial charge in [0, 0.05) is 20.5 Å². The third-order valence-corrected chi connectivity index (χ3v) is 4.18. The van der Waals surface area contributed by atoms with Gasteiger partial charge in [0.05, 0.1) is 11.8 Å². The molecular formula is C14H17N5O2S. The smallest absolute Gasteiger partial charge is 0.280 e. The van der Waals surface area contributed by atoms with Gasteiger partial charge in [-0.05, 0) is 6.42 Å². The van der Waals surface area contributed by atoms with Crippen molar-refractivity contribution in [3.05, 3.63) is 26.7 Å². The van der Waals surface area contributed by atoms with E-state index in [1.807, 2.05) is 6.07 Å². The minimum atomic E-state index is -0.430. The summed E-state index contributed by atoms with van der Waals surface area (Å²) in [5, 5.41) is 9.54. The van der Waals surface area contributed by atoms with E-state index in [4.69, 9.17) is 5.26 Å². The molecular weight excluding hydrogens is 302 g/mol. The van der Waals surface area contributed by atoms with Gasteiger partial charge in [0.15, 0.2) is 5.65 Å². The second kappa shape index (κ2) is 6.75. The lowest BCUT2D eigenvalue weighted by Gasteiger charge is -2.11. The molecule has 0 bridgehead atoms. The first-order valence-corrected chi connectivity index (χ1v) is 7.96. The number of hydrogen-bond donors (Lipinski definition) is 0. The third kappa shape index (κ3) is 2.90. The van der Waals surface area contributed by atoms with Crippen molar-refractivity contribution in [3.63, 3.8) is 0 Å². The van der Waals surface area contributed by atoms with Gasteiger partial charge >= 0.3 is 5.69 Å². The van der Waals surface area contributed by atoms with E-state index in [0.29, 0.717) is 28.3 Å². The Morgan fingerprint density at radius 2 is 1.95 bits per heavy atom. The lowest BCUT2D eigenvalue weighted by atomic mass is 10.2. The van der Waals surface area contributed by atoms with Crippen molar-refractivity contribution in [2.24, 2.45) is 14.1 Å². The summed E-state index contributed by atoms with van der Waals surface area (Å²) in [5.74, 6) is 0.781. The van der Waals surface area contributed by atoms with Crippen LogP contribution in [0.5, 0.6) is 0 Å². The highest BCUT2D eigenvalue weighted by Crippen LogP contribution is 2.22. The second-order valence-corrected chi connectivity index (χ2v) is 5.86. The van der Waals surface area contributed by atoms with Crippen LogP contribution in [-0.4, -0.2) is 24.9 Å². The maximum atomic E-state index is 12.4. The minimum Gasteiger partial charge on any atom is -0.280 e. The monoisotopic (exact) mass is 319 g/mol. The van der Waals surface area contributed by atoms with Gasteiger partial charge in [-0.1, -0.05) is 25.1 Å². The van der Waals surface area contributed by atoms with E-state index in [2.05, 4.69) is 16.9 Å². The van der Waals surface area contributed by atoms with Crippen LogP contribution in [0, 0.1) is 11.3 Å². The predicted molar refractivity (Wildman–Crippen MR) is 85.0 cm³/mol. The summed E-state index contributed by atoms with van der Waals surface area (Å²) in [5.41, 5.74) is -0.524. The molecule has 0 aliphatic carbocycles. The Kier molecular flexibility index (Phi) is 4.98. The molecule has 2 aromatic rings. The molecule has 0 aromatic carbocycles. The molecule has 22 heavy (non-hydrogen) atoms. The summed E-state index contributed by atoms with van der Waals surface area (Å²) in [7, 11) is 3.01. The number of hydrogen-bond acceptors (Lipinski definition) is 6. The average Bonchev–Trinajstić information content (AvgIpc) is 2.53. The Hall–Kier alpha value is -2.14. The summed E-state index contributed by atoms with van der Waals surface area (Å²) in [6.07, 6.45) is 2.60. The largest absolute Gasteiger partial charge is 0.332 e. The molecule has 8 heteroatoms. The summed E-state index contributed by atoms with van der Waals surface area (Å²) in [4.78, 5) is 33.3. The molecule has 0 spiro atoms. The molecule has 2 rings (SSSR count).